The second kappa shape index (κ2) is 6.61. The summed E-state index contributed by atoms with van der Waals surface area (Å²) >= 11 is 0. The number of ether oxygens (including phenoxy) is 2. The lowest BCUT2D eigenvalue weighted by Gasteiger charge is -2.29. The van der Waals surface area contributed by atoms with Gasteiger partial charge in [-0.2, -0.15) is 0 Å². The lowest BCUT2D eigenvalue weighted by Crippen LogP contribution is -2.51. The maximum absolute atomic E-state index is 12.3. The fourth-order valence-electron chi connectivity index (χ4n) is 1.91. The molecule has 20 heavy (non-hydrogen) atoms. The monoisotopic (exact) mass is 280 g/mol. The molecule has 0 aromatic heterocycles. The quantitative estimate of drug-likeness (QED) is 0.861. The van der Waals surface area contributed by atoms with Crippen LogP contribution < -0.4 is 14.8 Å². The second-order valence-electron chi connectivity index (χ2n) is 5.23. The Morgan fingerprint density at radius 1 is 1.25 bits per heavy atom. The predicted molar refractivity (Wildman–Crippen MR) is 79.2 cm³/mol. The van der Waals surface area contributed by atoms with Crippen molar-refractivity contribution in [1.29, 1.82) is 0 Å². The van der Waals surface area contributed by atoms with Gasteiger partial charge in [0, 0.05) is 13.6 Å². The lowest BCUT2D eigenvalue weighted by atomic mass is 10.0. The minimum atomic E-state index is -0.578. The first-order valence-electron chi connectivity index (χ1n) is 6.51. The van der Waals surface area contributed by atoms with Gasteiger partial charge in [0.05, 0.1) is 19.8 Å². The molecule has 112 valence electrons. The van der Waals surface area contributed by atoms with E-state index in [1.807, 2.05) is 32.0 Å². The third-order valence-electron chi connectivity index (χ3n) is 3.37. The number of likely N-dealkylation sites (N-methyl/N-ethyl adjacent to an activating group) is 2. The maximum Gasteiger partial charge on any atom is 0.242 e. The van der Waals surface area contributed by atoms with Crippen LogP contribution in [0, 0.1) is 0 Å². The second-order valence-corrected chi connectivity index (χ2v) is 5.23. The molecule has 0 aliphatic rings. The zero-order valence-electron chi connectivity index (χ0n) is 13.1. The molecule has 0 radical (unpaired) electrons. The van der Waals surface area contributed by atoms with Gasteiger partial charge in [-0.15, -0.1) is 0 Å². The maximum atomic E-state index is 12.3. The topological polar surface area (TPSA) is 50.8 Å². The summed E-state index contributed by atoms with van der Waals surface area (Å²) in [7, 11) is 6.77. The van der Waals surface area contributed by atoms with E-state index in [2.05, 4.69) is 5.32 Å². The molecule has 0 heterocycles. The van der Waals surface area contributed by atoms with E-state index in [9.17, 15) is 4.79 Å². The van der Waals surface area contributed by atoms with Gasteiger partial charge in [-0.3, -0.25) is 4.79 Å². The third kappa shape index (κ3) is 3.63. The Bertz CT molecular complexity index is 472. The summed E-state index contributed by atoms with van der Waals surface area (Å²) in [6.07, 6.45) is 0. The number of carbonyl (C=O) groups excluding carboxylic acids is 1. The van der Waals surface area contributed by atoms with Crippen molar-refractivity contribution >= 4 is 5.91 Å². The first-order valence-corrected chi connectivity index (χ1v) is 6.51. The number of benzene rings is 1. The molecule has 1 amide bonds. The predicted octanol–water partition coefficient (Wildman–Crippen LogP) is 1.66. The molecule has 0 bridgehead atoms. The number of amides is 1. The van der Waals surface area contributed by atoms with Gasteiger partial charge in [0.1, 0.15) is 0 Å². The molecule has 0 atom stereocenters. The number of methoxy groups -OCH3 is 2. The summed E-state index contributed by atoms with van der Waals surface area (Å²) in [4.78, 5) is 14.0. The van der Waals surface area contributed by atoms with Crippen molar-refractivity contribution in [2.75, 3.05) is 28.3 Å². The zero-order chi connectivity index (χ0) is 15.3. The van der Waals surface area contributed by atoms with Gasteiger partial charge in [0.25, 0.3) is 0 Å². The summed E-state index contributed by atoms with van der Waals surface area (Å²) in [6.45, 7) is 4.24. The molecule has 5 nitrogen and oxygen atoms in total. The van der Waals surface area contributed by atoms with Crippen LogP contribution in [0.2, 0.25) is 0 Å². The van der Waals surface area contributed by atoms with Crippen LogP contribution >= 0.6 is 0 Å². The molecule has 0 saturated heterocycles. The van der Waals surface area contributed by atoms with Crippen molar-refractivity contribution in [3.8, 4) is 11.5 Å². The molecule has 0 unspecified atom stereocenters. The summed E-state index contributed by atoms with van der Waals surface area (Å²) in [6, 6.07) is 5.65. The summed E-state index contributed by atoms with van der Waals surface area (Å²) < 4.78 is 10.5. The molecule has 1 aromatic rings. The Balaban J connectivity index is 2.86. The van der Waals surface area contributed by atoms with Crippen molar-refractivity contribution in [1.82, 2.24) is 10.2 Å². The van der Waals surface area contributed by atoms with Gasteiger partial charge < -0.3 is 19.7 Å². The number of hydrogen-bond acceptors (Lipinski definition) is 4. The van der Waals surface area contributed by atoms with E-state index in [0.29, 0.717) is 18.0 Å². The average Bonchev–Trinajstić information content (AvgIpc) is 2.46. The van der Waals surface area contributed by atoms with Crippen LogP contribution in [0.3, 0.4) is 0 Å². The third-order valence-corrected chi connectivity index (χ3v) is 3.37. The van der Waals surface area contributed by atoms with E-state index < -0.39 is 5.54 Å². The summed E-state index contributed by atoms with van der Waals surface area (Å²) in [5, 5.41) is 3.01. The van der Waals surface area contributed by atoms with Crippen LogP contribution in [-0.2, 0) is 11.3 Å². The molecule has 5 heteroatoms. The van der Waals surface area contributed by atoms with E-state index >= 15 is 0 Å². The number of hydrogen-bond donors (Lipinski definition) is 1. The van der Waals surface area contributed by atoms with E-state index in [1.165, 1.54) is 0 Å². The van der Waals surface area contributed by atoms with Crippen LogP contribution in [0.1, 0.15) is 19.4 Å². The van der Waals surface area contributed by atoms with Gasteiger partial charge in [0.15, 0.2) is 11.5 Å². The van der Waals surface area contributed by atoms with Crippen LogP contribution in [0.15, 0.2) is 18.2 Å². The molecule has 1 aromatic carbocycles. The molecular formula is C15H24N2O3. The van der Waals surface area contributed by atoms with Gasteiger partial charge in [0.2, 0.25) is 5.91 Å². The Labute approximate surface area is 120 Å². The first kappa shape index (κ1) is 16.3. The van der Waals surface area contributed by atoms with Crippen molar-refractivity contribution < 1.29 is 14.3 Å². The normalized spacial score (nSPS) is 11.1. The molecule has 0 fully saturated rings. The molecule has 0 saturated carbocycles. The molecule has 0 aliphatic carbocycles. The Morgan fingerprint density at radius 2 is 1.85 bits per heavy atom. The zero-order valence-corrected chi connectivity index (χ0v) is 13.1. The molecule has 0 aliphatic heterocycles. The molecule has 1 N–H and O–H groups in total. The summed E-state index contributed by atoms with van der Waals surface area (Å²) in [5.41, 5.74) is 0.413. The van der Waals surface area contributed by atoms with E-state index in [0.717, 1.165) is 5.56 Å². The van der Waals surface area contributed by atoms with Crippen molar-refractivity contribution in [2.24, 2.45) is 0 Å². The van der Waals surface area contributed by atoms with E-state index in [-0.39, 0.29) is 5.91 Å². The highest BCUT2D eigenvalue weighted by Gasteiger charge is 2.28. The van der Waals surface area contributed by atoms with Crippen LogP contribution in [0.25, 0.3) is 0 Å². The SMILES string of the molecule is CNC(C)(C)C(=O)N(C)Cc1ccc(OC)c(OC)c1. The Hall–Kier alpha value is -1.75. The molecular weight excluding hydrogens is 256 g/mol. The first-order chi connectivity index (χ1) is 9.35. The van der Waals surface area contributed by atoms with Crippen LogP contribution in [0.4, 0.5) is 0 Å². The number of nitrogens with one attached hydrogen (secondary N) is 1. The Morgan fingerprint density at radius 3 is 2.35 bits per heavy atom. The van der Waals surface area contributed by atoms with E-state index in [1.54, 1.807) is 33.2 Å². The van der Waals surface area contributed by atoms with Gasteiger partial charge >= 0.3 is 0 Å². The van der Waals surface area contributed by atoms with Gasteiger partial charge in [-0.05, 0) is 38.6 Å². The smallest absolute Gasteiger partial charge is 0.242 e. The lowest BCUT2D eigenvalue weighted by molar-refractivity contribution is -0.136. The van der Waals surface area contributed by atoms with Crippen molar-refractivity contribution in [3.63, 3.8) is 0 Å². The number of nitrogens with zero attached hydrogens (tertiary/aromatic N) is 1. The fourth-order valence-corrected chi connectivity index (χ4v) is 1.91. The molecule has 0 spiro atoms. The molecule has 1 rings (SSSR count). The standard InChI is InChI=1S/C15H24N2O3/c1-15(2,16-3)14(18)17(4)10-11-7-8-12(19-5)13(9-11)20-6/h7-9,16H,10H2,1-6H3. The largest absolute Gasteiger partial charge is 0.493 e. The number of carbonyl (C=O) groups is 1. The minimum Gasteiger partial charge on any atom is -0.493 e. The number of rotatable bonds is 6. The minimum absolute atomic E-state index is 0.0368. The summed E-state index contributed by atoms with van der Waals surface area (Å²) in [5.74, 6) is 1.38. The Kier molecular flexibility index (Phi) is 5.39. The van der Waals surface area contributed by atoms with Gasteiger partial charge in [-0.25, -0.2) is 0 Å². The highest BCUT2D eigenvalue weighted by atomic mass is 16.5. The van der Waals surface area contributed by atoms with Crippen molar-refractivity contribution in [3.05, 3.63) is 23.8 Å². The van der Waals surface area contributed by atoms with Gasteiger partial charge in [-0.1, -0.05) is 6.07 Å². The highest BCUT2D eigenvalue weighted by molar-refractivity contribution is 5.85. The van der Waals surface area contributed by atoms with Crippen molar-refractivity contribution in [2.45, 2.75) is 25.9 Å². The van der Waals surface area contributed by atoms with E-state index in [4.69, 9.17) is 9.47 Å². The average molecular weight is 280 g/mol. The highest BCUT2D eigenvalue weighted by Crippen LogP contribution is 2.28. The van der Waals surface area contributed by atoms with Crippen LogP contribution in [0.5, 0.6) is 11.5 Å². The fraction of sp³-hybridized carbons (Fsp3) is 0.533. The van der Waals surface area contributed by atoms with Crippen LogP contribution in [-0.4, -0.2) is 44.7 Å².